The maximum absolute atomic E-state index is 3.69. The Kier molecular flexibility index (Phi) is 11.3. The molecule has 0 radical (unpaired) electrons. The third-order valence-electron chi connectivity index (χ3n) is 1.30. The number of rotatable bonds is 9. The van der Waals surface area contributed by atoms with E-state index >= 15 is 0 Å². The molecule has 0 aromatic carbocycles. The van der Waals surface area contributed by atoms with Crippen molar-refractivity contribution < 1.29 is 0 Å². The van der Waals surface area contributed by atoms with Crippen molar-refractivity contribution in [1.29, 1.82) is 0 Å². The molecule has 0 heterocycles. The van der Waals surface area contributed by atoms with Crippen LogP contribution in [0.15, 0.2) is 25.3 Å². The molecule has 0 atom stereocenters. The van der Waals surface area contributed by atoms with Crippen LogP contribution in [0.1, 0.15) is 12.8 Å². The molecule has 0 fully saturated rings. The quantitative estimate of drug-likeness (QED) is 0.414. The lowest BCUT2D eigenvalue weighted by atomic mass is 10.5. The van der Waals surface area contributed by atoms with E-state index in [0.29, 0.717) is 0 Å². The van der Waals surface area contributed by atoms with Gasteiger partial charge < -0.3 is 0 Å². The maximum Gasteiger partial charge on any atom is 0.00237 e. The summed E-state index contributed by atoms with van der Waals surface area (Å²) in [7, 11) is 0. The standard InChI is InChI=1S/C10H18S2/c1-3-5-7-11-9-10-12-8-6-4-2/h3-4H,1-2,5-10H2. The fourth-order valence-electron chi connectivity index (χ4n) is 0.655. The molecule has 70 valence electrons. The Morgan fingerprint density at radius 1 is 0.750 bits per heavy atom. The third kappa shape index (κ3) is 10.2. The molecule has 0 saturated carbocycles. The van der Waals surface area contributed by atoms with Crippen LogP contribution in [0.3, 0.4) is 0 Å². The number of hydrogen-bond acceptors (Lipinski definition) is 2. The van der Waals surface area contributed by atoms with Crippen molar-refractivity contribution in [2.24, 2.45) is 0 Å². The fraction of sp³-hybridized carbons (Fsp3) is 0.600. The van der Waals surface area contributed by atoms with E-state index in [2.05, 4.69) is 13.2 Å². The molecule has 0 saturated heterocycles. The minimum Gasteiger partial charge on any atom is -0.161 e. The zero-order chi connectivity index (χ0) is 9.07. The highest BCUT2D eigenvalue weighted by molar-refractivity contribution is 8.02. The van der Waals surface area contributed by atoms with Crippen molar-refractivity contribution in [3.8, 4) is 0 Å². The van der Waals surface area contributed by atoms with Gasteiger partial charge in [0.25, 0.3) is 0 Å². The molecule has 0 bridgehead atoms. The fourth-order valence-corrected chi connectivity index (χ4v) is 2.67. The molecule has 0 N–H and O–H groups in total. The van der Waals surface area contributed by atoms with Crippen molar-refractivity contribution in [2.75, 3.05) is 23.0 Å². The van der Waals surface area contributed by atoms with Gasteiger partial charge in [0.15, 0.2) is 0 Å². The first-order valence-corrected chi connectivity index (χ1v) is 6.60. The Hall–Kier alpha value is 0.180. The van der Waals surface area contributed by atoms with E-state index < -0.39 is 0 Å². The van der Waals surface area contributed by atoms with Crippen LogP contribution < -0.4 is 0 Å². The van der Waals surface area contributed by atoms with Gasteiger partial charge in [-0.15, -0.1) is 13.2 Å². The van der Waals surface area contributed by atoms with Crippen LogP contribution in [0.5, 0.6) is 0 Å². The summed E-state index contributed by atoms with van der Waals surface area (Å²) < 4.78 is 0. The van der Waals surface area contributed by atoms with Gasteiger partial charge in [-0.3, -0.25) is 0 Å². The molecule has 2 heteroatoms. The van der Waals surface area contributed by atoms with Gasteiger partial charge in [0.1, 0.15) is 0 Å². The highest BCUT2D eigenvalue weighted by atomic mass is 32.2. The second kappa shape index (κ2) is 11.2. The molecule has 0 aliphatic carbocycles. The predicted molar refractivity (Wildman–Crippen MR) is 64.3 cm³/mol. The summed E-state index contributed by atoms with van der Waals surface area (Å²) in [5.74, 6) is 5.00. The molecule has 0 aromatic rings. The average molecular weight is 202 g/mol. The van der Waals surface area contributed by atoms with E-state index in [1.54, 1.807) is 0 Å². The molecule has 0 aromatic heterocycles. The first-order valence-electron chi connectivity index (χ1n) is 4.29. The molecule has 0 unspecified atom stereocenters. The average Bonchev–Trinajstić information content (AvgIpc) is 2.10. The zero-order valence-corrected chi connectivity index (χ0v) is 9.26. The van der Waals surface area contributed by atoms with Crippen molar-refractivity contribution in [3.63, 3.8) is 0 Å². The Labute approximate surface area is 84.9 Å². The summed E-state index contributed by atoms with van der Waals surface area (Å²) in [5.41, 5.74) is 0. The lowest BCUT2D eigenvalue weighted by Gasteiger charge is -1.98. The maximum atomic E-state index is 3.69. The molecular formula is C10H18S2. The lowest BCUT2D eigenvalue weighted by molar-refractivity contribution is 1.24. The van der Waals surface area contributed by atoms with Gasteiger partial charge >= 0.3 is 0 Å². The van der Waals surface area contributed by atoms with Crippen LogP contribution in [-0.4, -0.2) is 23.0 Å². The van der Waals surface area contributed by atoms with Gasteiger partial charge in [0.2, 0.25) is 0 Å². The Morgan fingerprint density at radius 2 is 1.17 bits per heavy atom. The lowest BCUT2D eigenvalue weighted by Crippen LogP contribution is -1.87. The van der Waals surface area contributed by atoms with Crippen molar-refractivity contribution in [2.45, 2.75) is 12.8 Å². The SMILES string of the molecule is C=CCCSCCSCCC=C. The Bertz CT molecular complexity index is 96.4. The summed E-state index contributed by atoms with van der Waals surface area (Å²) in [6, 6.07) is 0. The zero-order valence-electron chi connectivity index (χ0n) is 7.63. The van der Waals surface area contributed by atoms with Gasteiger partial charge in [0, 0.05) is 11.5 Å². The molecule has 0 aliphatic rings. The largest absolute Gasteiger partial charge is 0.161 e. The molecule has 0 rings (SSSR count). The van der Waals surface area contributed by atoms with Gasteiger partial charge in [-0.1, -0.05) is 12.2 Å². The van der Waals surface area contributed by atoms with Crippen molar-refractivity contribution >= 4 is 23.5 Å². The van der Waals surface area contributed by atoms with Crippen LogP contribution in [0.25, 0.3) is 0 Å². The first-order chi connectivity index (χ1) is 5.91. The van der Waals surface area contributed by atoms with E-state index in [9.17, 15) is 0 Å². The molecule has 0 nitrogen and oxygen atoms in total. The summed E-state index contributed by atoms with van der Waals surface area (Å²) >= 11 is 4.04. The molecule has 0 aliphatic heterocycles. The third-order valence-corrected chi connectivity index (χ3v) is 3.60. The second-order valence-electron chi connectivity index (χ2n) is 2.38. The smallest absolute Gasteiger partial charge is 0.00237 e. The van der Waals surface area contributed by atoms with Gasteiger partial charge in [0.05, 0.1) is 0 Å². The summed E-state index contributed by atoms with van der Waals surface area (Å²) in [6.45, 7) is 7.38. The topological polar surface area (TPSA) is 0 Å². The highest BCUT2D eigenvalue weighted by Crippen LogP contribution is 2.09. The number of allylic oxidation sites excluding steroid dienone is 2. The number of thioether (sulfide) groups is 2. The van der Waals surface area contributed by atoms with Crippen molar-refractivity contribution in [1.82, 2.24) is 0 Å². The summed E-state index contributed by atoms with van der Waals surface area (Å²) in [5, 5.41) is 0. The Balaban J connectivity index is 2.81. The van der Waals surface area contributed by atoms with Crippen LogP contribution in [-0.2, 0) is 0 Å². The first kappa shape index (κ1) is 12.2. The van der Waals surface area contributed by atoms with E-state index in [1.165, 1.54) is 23.0 Å². The van der Waals surface area contributed by atoms with E-state index in [1.807, 2.05) is 35.7 Å². The Morgan fingerprint density at radius 3 is 1.50 bits per heavy atom. The van der Waals surface area contributed by atoms with Crippen molar-refractivity contribution in [3.05, 3.63) is 25.3 Å². The van der Waals surface area contributed by atoms with Gasteiger partial charge in [-0.25, -0.2) is 0 Å². The molecular weight excluding hydrogens is 184 g/mol. The van der Waals surface area contributed by atoms with Gasteiger partial charge in [-0.05, 0) is 24.3 Å². The molecule has 12 heavy (non-hydrogen) atoms. The predicted octanol–water partition coefficient (Wildman–Crippen LogP) is 3.61. The highest BCUT2D eigenvalue weighted by Gasteiger charge is 1.88. The summed E-state index contributed by atoms with van der Waals surface area (Å²) in [6.07, 6.45) is 6.25. The van der Waals surface area contributed by atoms with E-state index in [-0.39, 0.29) is 0 Å². The van der Waals surface area contributed by atoms with Crippen LogP contribution in [0, 0.1) is 0 Å². The van der Waals surface area contributed by atoms with Crippen LogP contribution in [0.4, 0.5) is 0 Å². The minimum atomic E-state index is 1.14. The van der Waals surface area contributed by atoms with Crippen LogP contribution >= 0.6 is 23.5 Å². The minimum absolute atomic E-state index is 1.14. The molecule has 0 spiro atoms. The second-order valence-corrected chi connectivity index (χ2v) is 4.83. The van der Waals surface area contributed by atoms with Crippen LogP contribution in [0.2, 0.25) is 0 Å². The summed E-state index contributed by atoms with van der Waals surface area (Å²) in [4.78, 5) is 0. The monoisotopic (exact) mass is 202 g/mol. The van der Waals surface area contributed by atoms with E-state index in [0.717, 1.165) is 12.8 Å². The normalized spacial score (nSPS) is 9.67. The van der Waals surface area contributed by atoms with E-state index in [4.69, 9.17) is 0 Å². The van der Waals surface area contributed by atoms with Gasteiger partial charge in [-0.2, -0.15) is 23.5 Å². The molecule has 0 amide bonds. The number of hydrogen-bond donors (Lipinski definition) is 0.